The third-order valence-corrected chi connectivity index (χ3v) is 1.91. The summed E-state index contributed by atoms with van der Waals surface area (Å²) in [5.74, 6) is 0. The van der Waals surface area contributed by atoms with Crippen LogP contribution in [0.3, 0.4) is 0 Å². The van der Waals surface area contributed by atoms with Crippen LogP contribution >= 0.6 is 23.2 Å². The lowest BCUT2D eigenvalue weighted by Crippen LogP contribution is -1.86. The molecule has 1 heterocycles. The zero-order valence-corrected chi connectivity index (χ0v) is 6.52. The van der Waals surface area contributed by atoms with Crippen molar-refractivity contribution in [1.29, 1.82) is 0 Å². The van der Waals surface area contributed by atoms with Crippen LogP contribution in [0.15, 0.2) is 12.4 Å². The zero-order valence-electron chi connectivity index (χ0n) is 5.01. The molecule has 1 aromatic rings. The molecular formula is C6H5Cl2NO. The van der Waals surface area contributed by atoms with Crippen molar-refractivity contribution in [3.63, 3.8) is 0 Å². The van der Waals surface area contributed by atoms with Crippen molar-refractivity contribution in [1.82, 2.24) is 4.98 Å². The molecular weight excluding hydrogens is 173 g/mol. The summed E-state index contributed by atoms with van der Waals surface area (Å²) >= 11 is 11.2. The van der Waals surface area contributed by atoms with Gasteiger partial charge in [-0.05, 0) is 0 Å². The van der Waals surface area contributed by atoms with E-state index in [1.165, 1.54) is 12.4 Å². The smallest absolute Gasteiger partial charge is 0.0779 e. The van der Waals surface area contributed by atoms with Gasteiger partial charge in [-0.1, -0.05) is 23.2 Å². The number of hydrogen-bond donors (Lipinski definition) is 1. The maximum Gasteiger partial charge on any atom is 0.0779 e. The Morgan fingerprint density at radius 1 is 1.40 bits per heavy atom. The number of hydrogen-bond acceptors (Lipinski definition) is 2. The lowest BCUT2D eigenvalue weighted by Gasteiger charge is -1.98. The Kier molecular flexibility index (Phi) is 2.49. The van der Waals surface area contributed by atoms with E-state index in [-0.39, 0.29) is 6.61 Å². The number of aliphatic hydroxyl groups excluding tert-OH is 1. The van der Waals surface area contributed by atoms with Gasteiger partial charge in [0.1, 0.15) is 0 Å². The molecule has 0 aliphatic heterocycles. The van der Waals surface area contributed by atoms with Crippen molar-refractivity contribution in [3.8, 4) is 0 Å². The summed E-state index contributed by atoms with van der Waals surface area (Å²) in [7, 11) is 0. The van der Waals surface area contributed by atoms with Crippen LogP contribution < -0.4 is 0 Å². The second kappa shape index (κ2) is 3.19. The van der Waals surface area contributed by atoms with Gasteiger partial charge in [0.05, 0.1) is 16.7 Å². The van der Waals surface area contributed by atoms with E-state index < -0.39 is 0 Å². The summed E-state index contributed by atoms with van der Waals surface area (Å²) in [6, 6.07) is 0. The minimum absolute atomic E-state index is 0.133. The van der Waals surface area contributed by atoms with Crippen LogP contribution in [0, 0.1) is 0 Å². The Bertz CT molecular complexity index is 239. The largest absolute Gasteiger partial charge is 0.392 e. The maximum absolute atomic E-state index is 8.66. The highest BCUT2D eigenvalue weighted by Gasteiger charge is 2.02. The Hall–Kier alpha value is -0.310. The van der Waals surface area contributed by atoms with Crippen LogP contribution in [0.5, 0.6) is 0 Å². The van der Waals surface area contributed by atoms with Gasteiger partial charge in [0, 0.05) is 18.0 Å². The van der Waals surface area contributed by atoms with Crippen molar-refractivity contribution < 1.29 is 5.11 Å². The minimum Gasteiger partial charge on any atom is -0.392 e. The molecule has 0 aliphatic carbocycles. The molecule has 0 saturated heterocycles. The highest BCUT2D eigenvalue weighted by Crippen LogP contribution is 2.23. The van der Waals surface area contributed by atoms with Gasteiger partial charge in [-0.3, -0.25) is 4.98 Å². The molecule has 0 radical (unpaired) electrons. The van der Waals surface area contributed by atoms with Crippen LogP contribution in [0.25, 0.3) is 0 Å². The first-order chi connectivity index (χ1) is 4.75. The molecule has 1 N–H and O–H groups in total. The van der Waals surface area contributed by atoms with Gasteiger partial charge in [-0.2, -0.15) is 0 Å². The predicted molar refractivity (Wildman–Crippen MR) is 40.2 cm³/mol. The highest BCUT2D eigenvalue weighted by atomic mass is 35.5. The highest BCUT2D eigenvalue weighted by molar-refractivity contribution is 6.42. The Labute approximate surface area is 68.4 Å². The maximum atomic E-state index is 8.66. The zero-order chi connectivity index (χ0) is 7.56. The van der Waals surface area contributed by atoms with Crippen LogP contribution in [0.4, 0.5) is 0 Å². The number of nitrogens with zero attached hydrogens (tertiary/aromatic N) is 1. The van der Waals surface area contributed by atoms with Crippen molar-refractivity contribution in [2.75, 3.05) is 0 Å². The lowest BCUT2D eigenvalue weighted by molar-refractivity contribution is 0.281. The fourth-order valence-corrected chi connectivity index (χ4v) is 0.905. The van der Waals surface area contributed by atoms with E-state index in [0.29, 0.717) is 15.6 Å². The van der Waals surface area contributed by atoms with Gasteiger partial charge < -0.3 is 5.11 Å². The molecule has 0 fully saturated rings. The van der Waals surface area contributed by atoms with Gasteiger partial charge in [-0.15, -0.1) is 0 Å². The predicted octanol–water partition coefficient (Wildman–Crippen LogP) is 1.88. The normalized spacial score (nSPS) is 9.90. The molecule has 0 amide bonds. The first-order valence-electron chi connectivity index (χ1n) is 2.64. The van der Waals surface area contributed by atoms with Crippen molar-refractivity contribution in [2.24, 2.45) is 0 Å². The van der Waals surface area contributed by atoms with Gasteiger partial charge in [-0.25, -0.2) is 0 Å². The lowest BCUT2D eigenvalue weighted by atomic mass is 10.3. The summed E-state index contributed by atoms with van der Waals surface area (Å²) in [5, 5.41) is 9.40. The molecule has 54 valence electrons. The second-order valence-corrected chi connectivity index (χ2v) is 2.54. The van der Waals surface area contributed by atoms with Gasteiger partial charge in [0.2, 0.25) is 0 Å². The molecule has 0 unspecified atom stereocenters. The Morgan fingerprint density at radius 2 is 2.10 bits per heavy atom. The summed E-state index contributed by atoms with van der Waals surface area (Å²) < 4.78 is 0. The fraction of sp³-hybridized carbons (Fsp3) is 0.167. The first kappa shape index (κ1) is 7.79. The Balaban J connectivity index is 3.14. The molecule has 0 bridgehead atoms. The van der Waals surface area contributed by atoms with Crippen LogP contribution in [-0.2, 0) is 6.61 Å². The van der Waals surface area contributed by atoms with E-state index in [9.17, 15) is 0 Å². The van der Waals surface area contributed by atoms with E-state index >= 15 is 0 Å². The molecule has 10 heavy (non-hydrogen) atoms. The molecule has 0 saturated carbocycles. The average molecular weight is 178 g/mol. The molecule has 1 aromatic heterocycles. The van der Waals surface area contributed by atoms with E-state index in [1.54, 1.807) is 0 Å². The van der Waals surface area contributed by atoms with Gasteiger partial charge in [0.15, 0.2) is 0 Å². The SMILES string of the molecule is OCc1cncc(Cl)c1Cl. The monoisotopic (exact) mass is 177 g/mol. The van der Waals surface area contributed by atoms with Crippen LogP contribution in [0.2, 0.25) is 10.0 Å². The molecule has 0 aromatic carbocycles. The summed E-state index contributed by atoms with van der Waals surface area (Å²) in [5.41, 5.74) is 0.550. The molecule has 0 spiro atoms. The number of aromatic nitrogens is 1. The number of halogens is 2. The van der Waals surface area contributed by atoms with Crippen LogP contribution in [-0.4, -0.2) is 10.1 Å². The summed E-state index contributed by atoms with van der Waals surface area (Å²) in [6.07, 6.45) is 2.91. The van der Waals surface area contributed by atoms with Crippen molar-refractivity contribution >= 4 is 23.2 Å². The number of pyridine rings is 1. The summed E-state index contributed by atoms with van der Waals surface area (Å²) in [4.78, 5) is 3.74. The topological polar surface area (TPSA) is 33.1 Å². The van der Waals surface area contributed by atoms with Crippen molar-refractivity contribution in [3.05, 3.63) is 28.0 Å². The van der Waals surface area contributed by atoms with Gasteiger partial charge in [0.25, 0.3) is 0 Å². The standard InChI is InChI=1S/C6H5Cl2NO/c7-5-2-9-1-4(3-10)6(5)8/h1-2,10H,3H2. The number of aliphatic hydroxyl groups is 1. The quantitative estimate of drug-likeness (QED) is 0.712. The third kappa shape index (κ3) is 1.40. The fourth-order valence-electron chi connectivity index (χ4n) is 0.570. The molecule has 0 aliphatic rings. The van der Waals surface area contributed by atoms with E-state index in [1.807, 2.05) is 0 Å². The van der Waals surface area contributed by atoms with Crippen molar-refractivity contribution in [2.45, 2.75) is 6.61 Å². The van der Waals surface area contributed by atoms with Crippen LogP contribution in [0.1, 0.15) is 5.56 Å². The number of rotatable bonds is 1. The molecule has 4 heteroatoms. The second-order valence-electron chi connectivity index (χ2n) is 1.75. The van der Waals surface area contributed by atoms with E-state index in [4.69, 9.17) is 28.3 Å². The minimum atomic E-state index is -0.133. The molecule has 2 nitrogen and oxygen atoms in total. The summed E-state index contributed by atoms with van der Waals surface area (Å²) in [6.45, 7) is -0.133. The molecule has 1 rings (SSSR count). The first-order valence-corrected chi connectivity index (χ1v) is 3.40. The third-order valence-electron chi connectivity index (χ3n) is 1.08. The Morgan fingerprint density at radius 3 is 2.60 bits per heavy atom. The van der Waals surface area contributed by atoms with E-state index in [0.717, 1.165) is 0 Å². The van der Waals surface area contributed by atoms with Gasteiger partial charge >= 0.3 is 0 Å². The molecule has 0 atom stereocenters. The average Bonchev–Trinajstić information content (AvgIpc) is 1.95. The van der Waals surface area contributed by atoms with E-state index in [2.05, 4.69) is 4.98 Å².